The predicted octanol–water partition coefficient (Wildman–Crippen LogP) is -1.08. The number of aliphatic hydroxyl groups is 2. The van der Waals surface area contributed by atoms with Gasteiger partial charge in [0, 0.05) is 19.6 Å². The third-order valence-electron chi connectivity index (χ3n) is 2.45. The molecule has 0 aliphatic carbocycles. The zero-order chi connectivity index (χ0) is 10.1. The topological polar surface area (TPSA) is 82.6 Å². The normalized spacial score (nSPS) is 28.5. The van der Waals surface area contributed by atoms with Crippen LogP contribution in [0.15, 0.2) is 4.63 Å². The highest BCUT2D eigenvalue weighted by molar-refractivity contribution is 5.05. The zero-order valence-electron chi connectivity index (χ0n) is 7.92. The molecule has 0 spiro atoms. The monoisotopic (exact) mass is 199 g/mol. The SMILES string of the molecule is Cc1nonc1CN1C[C@@H](O)[C@@H](O)C1. The van der Waals surface area contributed by atoms with Crippen molar-refractivity contribution in [2.24, 2.45) is 0 Å². The summed E-state index contributed by atoms with van der Waals surface area (Å²) in [5.41, 5.74) is 1.51. The first-order valence-electron chi connectivity index (χ1n) is 4.53. The summed E-state index contributed by atoms with van der Waals surface area (Å²) in [4.78, 5) is 1.92. The van der Waals surface area contributed by atoms with Crippen molar-refractivity contribution in [1.29, 1.82) is 0 Å². The maximum Gasteiger partial charge on any atom is 0.122 e. The number of nitrogens with zero attached hydrogens (tertiary/aromatic N) is 3. The van der Waals surface area contributed by atoms with E-state index in [0.717, 1.165) is 11.4 Å². The summed E-state index contributed by atoms with van der Waals surface area (Å²) in [5, 5.41) is 26.0. The molecule has 0 saturated carbocycles. The molecule has 6 heteroatoms. The lowest BCUT2D eigenvalue weighted by Gasteiger charge is -2.11. The van der Waals surface area contributed by atoms with Gasteiger partial charge in [0.1, 0.15) is 11.4 Å². The van der Waals surface area contributed by atoms with E-state index in [9.17, 15) is 10.2 Å². The molecule has 1 aliphatic heterocycles. The quantitative estimate of drug-likeness (QED) is 0.630. The Labute approximate surface area is 81.1 Å². The number of aliphatic hydroxyl groups excluding tert-OH is 2. The summed E-state index contributed by atoms with van der Waals surface area (Å²) in [6, 6.07) is 0. The second-order valence-electron chi connectivity index (χ2n) is 3.63. The van der Waals surface area contributed by atoms with E-state index < -0.39 is 12.2 Å². The average Bonchev–Trinajstić information content (AvgIpc) is 2.63. The smallest absolute Gasteiger partial charge is 0.122 e. The maximum absolute atomic E-state index is 9.31. The van der Waals surface area contributed by atoms with Crippen molar-refractivity contribution in [3.8, 4) is 0 Å². The van der Waals surface area contributed by atoms with Crippen LogP contribution in [-0.4, -0.2) is 50.7 Å². The Bertz CT molecular complexity index is 305. The van der Waals surface area contributed by atoms with Gasteiger partial charge in [-0.25, -0.2) is 4.63 Å². The molecule has 1 saturated heterocycles. The lowest BCUT2D eigenvalue weighted by atomic mass is 10.3. The molecule has 0 unspecified atom stereocenters. The fourth-order valence-electron chi connectivity index (χ4n) is 1.58. The number of β-amino-alcohol motifs (C(OH)–C–C–N with tert-alkyl or cyclic N) is 2. The first kappa shape index (κ1) is 9.57. The van der Waals surface area contributed by atoms with Gasteiger partial charge in [-0.15, -0.1) is 0 Å². The highest BCUT2D eigenvalue weighted by atomic mass is 16.6. The van der Waals surface area contributed by atoms with Crippen LogP contribution in [0.5, 0.6) is 0 Å². The minimum absolute atomic E-state index is 0.466. The Hall–Kier alpha value is -0.980. The summed E-state index contributed by atoms with van der Waals surface area (Å²) < 4.78 is 4.56. The maximum atomic E-state index is 9.31. The minimum atomic E-state index is -0.657. The van der Waals surface area contributed by atoms with Gasteiger partial charge in [-0.05, 0) is 6.92 Å². The number of hydrogen-bond acceptors (Lipinski definition) is 6. The molecule has 2 N–H and O–H groups in total. The summed E-state index contributed by atoms with van der Waals surface area (Å²) in [7, 11) is 0. The summed E-state index contributed by atoms with van der Waals surface area (Å²) in [6.07, 6.45) is -1.31. The highest BCUT2D eigenvalue weighted by Gasteiger charge is 2.30. The third-order valence-corrected chi connectivity index (χ3v) is 2.45. The van der Waals surface area contributed by atoms with Gasteiger partial charge >= 0.3 is 0 Å². The second kappa shape index (κ2) is 3.64. The summed E-state index contributed by atoms with van der Waals surface area (Å²) >= 11 is 0. The van der Waals surface area contributed by atoms with Crippen molar-refractivity contribution in [3.63, 3.8) is 0 Å². The van der Waals surface area contributed by atoms with Crippen molar-refractivity contribution in [3.05, 3.63) is 11.4 Å². The van der Waals surface area contributed by atoms with Crippen LogP contribution >= 0.6 is 0 Å². The highest BCUT2D eigenvalue weighted by Crippen LogP contribution is 2.13. The van der Waals surface area contributed by atoms with Crippen LogP contribution in [0.1, 0.15) is 11.4 Å². The third kappa shape index (κ3) is 1.77. The fourth-order valence-corrected chi connectivity index (χ4v) is 1.58. The summed E-state index contributed by atoms with van der Waals surface area (Å²) in [6.45, 7) is 3.30. The van der Waals surface area contributed by atoms with Crippen molar-refractivity contribution < 1.29 is 14.8 Å². The Kier molecular flexibility index (Phi) is 2.49. The molecule has 2 rings (SSSR count). The van der Waals surface area contributed by atoms with Gasteiger partial charge in [-0.1, -0.05) is 10.3 Å². The average molecular weight is 199 g/mol. The van der Waals surface area contributed by atoms with E-state index in [4.69, 9.17) is 0 Å². The van der Waals surface area contributed by atoms with E-state index in [2.05, 4.69) is 14.9 Å². The molecular weight excluding hydrogens is 186 g/mol. The lowest BCUT2D eigenvalue weighted by molar-refractivity contribution is 0.0572. The van der Waals surface area contributed by atoms with E-state index >= 15 is 0 Å². The minimum Gasteiger partial charge on any atom is -0.389 e. The molecule has 1 aliphatic rings. The van der Waals surface area contributed by atoms with Crippen molar-refractivity contribution >= 4 is 0 Å². The Balaban J connectivity index is 1.97. The molecule has 2 atom stereocenters. The molecular formula is C8H13N3O3. The molecule has 1 fully saturated rings. The van der Waals surface area contributed by atoms with Crippen LogP contribution in [0, 0.1) is 6.92 Å². The largest absolute Gasteiger partial charge is 0.389 e. The van der Waals surface area contributed by atoms with E-state index in [1.54, 1.807) is 0 Å². The fraction of sp³-hybridized carbons (Fsp3) is 0.750. The van der Waals surface area contributed by atoms with Crippen LogP contribution in [0.2, 0.25) is 0 Å². The molecule has 1 aromatic heterocycles. The predicted molar refractivity (Wildman–Crippen MR) is 46.3 cm³/mol. The van der Waals surface area contributed by atoms with Crippen LogP contribution in [0.4, 0.5) is 0 Å². The molecule has 2 heterocycles. The van der Waals surface area contributed by atoms with Crippen molar-refractivity contribution in [2.45, 2.75) is 25.7 Å². The molecule has 0 aromatic carbocycles. The first-order valence-corrected chi connectivity index (χ1v) is 4.53. The molecule has 1 aromatic rings. The van der Waals surface area contributed by atoms with Gasteiger partial charge < -0.3 is 10.2 Å². The summed E-state index contributed by atoms with van der Waals surface area (Å²) in [5.74, 6) is 0. The van der Waals surface area contributed by atoms with E-state index in [1.807, 2.05) is 11.8 Å². The van der Waals surface area contributed by atoms with Crippen LogP contribution in [-0.2, 0) is 6.54 Å². The van der Waals surface area contributed by atoms with Gasteiger partial charge in [-0.3, -0.25) is 4.90 Å². The Morgan fingerprint density at radius 1 is 1.36 bits per heavy atom. The standard InChI is InChI=1S/C8H13N3O3/c1-5-6(10-14-9-5)2-11-3-7(12)8(13)4-11/h7-8,12-13H,2-4H2,1H3/t7-,8+. The molecule has 0 radical (unpaired) electrons. The number of likely N-dealkylation sites (tertiary alicyclic amines) is 1. The molecule has 14 heavy (non-hydrogen) atoms. The van der Waals surface area contributed by atoms with Gasteiger partial charge in [0.25, 0.3) is 0 Å². The van der Waals surface area contributed by atoms with Gasteiger partial charge in [-0.2, -0.15) is 0 Å². The molecule has 0 amide bonds. The van der Waals surface area contributed by atoms with E-state index in [-0.39, 0.29) is 0 Å². The van der Waals surface area contributed by atoms with Gasteiger partial charge in [0.15, 0.2) is 0 Å². The van der Waals surface area contributed by atoms with Gasteiger partial charge in [0.05, 0.1) is 12.2 Å². The van der Waals surface area contributed by atoms with Crippen LogP contribution in [0.3, 0.4) is 0 Å². The van der Waals surface area contributed by atoms with Crippen LogP contribution < -0.4 is 0 Å². The molecule has 78 valence electrons. The molecule has 0 bridgehead atoms. The zero-order valence-corrected chi connectivity index (χ0v) is 7.92. The molecule has 6 nitrogen and oxygen atoms in total. The Morgan fingerprint density at radius 2 is 2.00 bits per heavy atom. The number of aromatic nitrogens is 2. The van der Waals surface area contributed by atoms with Crippen molar-refractivity contribution in [2.75, 3.05) is 13.1 Å². The van der Waals surface area contributed by atoms with E-state index in [0.29, 0.717) is 19.6 Å². The van der Waals surface area contributed by atoms with E-state index in [1.165, 1.54) is 0 Å². The number of hydrogen-bond donors (Lipinski definition) is 2. The Morgan fingerprint density at radius 3 is 2.50 bits per heavy atom. The number of aryl methyl sites for hydroxylation is 1. The second-order valence-corrected chi connectivity index (χ2v) is 3.63. The van der Waals surface area contributed by atoms with Crippen LogP contribution in [0.25, 0.3) is 0 Å². The van der Waals surface area contributed by atoms with Crippen molar-refractivity contribution in [1.82, 2.24) is 15.2 Å². The lowest BCUT2D eigenvalue weighted by Crippen LogP contribution is -2.22. The first-order chi connectivity index (χ1) is 6.66. The van der Waals surface area contributed by atoms with Gasteiger partial charge in [0.2, 0.25) is 0 Å². The number of rotatable bonds is 2.